The molecule has 0 saturated heterocycles. The summed E-state index contributed by atoms with van der Waals surface area (Å²) in [6.07, 6.45) is -3.30. The average Bonchev–Trinajstić information content (AvgIpc) is 2.15. The minimum Gasteiger partial charge on any atom is -0.289 e. The highest BCUT2D eigenvalue weighted by atomic mass is 19.4. The number of allylic oxidation sites excluding steroid dienone is 1. The smallest absolute Gasteiger partial charge is 0.289 e. The first kappa shape index (κ1) is 11.5. The van der Waals surface area contributed by atoms with Gasteiger partial charge in [0.25, 0.3) is 0 Å². The average molecular weight is 214 g/mol. The topological polar surface area (TPSA) is 17.1 Å². The van der Waals surface area contributed by atoms with E-state index in [0.717, 1.165) is 18.2 Å². The van der Waals surface area contributed by atoms with Gasteiger partial charge in [0.05, 0.1) is 5.56 Å². The Balaban J connectivity index is 3.20. The molecule has 0 spiro atoms. The Morgan fingerprint density at radius 1 is 1.40 bits per heavy atom. The first-order valence-corrected chi connectivity index (χ1v) is 4.21. The third-order valence-electron chi connectivity index (χ3n) is 2.00. The largest absolute Gasteiger partial charge is 0.416 e. The third kappa shape index (κ3) is 2.46. The Hall–Kier alpha value is -1.58. The fourth-order valence-corrected chi connectivity index (χ4v) is 1.23. The number of benzene rings is 1. The number of ketones is 1. The second-order valence-corrected chi connectivity index (χ2v) is 3.10. The maximum absolute atomic E-state index is 12.3. The lowest BCUT2D eigenvalue weighted by Gasteiger charge is -2.09. The van der Waals surface area contributed by atoms with E-state index in [4.69, 9.17) is 0 Å². The van der Waals surface area contributed by atoms with Crippen molar-refractivity contribution in [3.8, 4) is 0 Å². The molecule has 1 aromatic carbocycles. The van der Waals surface area contributed by atoms with Crippen LogP contribution in [0.1, 0.15) is 21.5 Å². The molecular weight excluding hydrogens is 205 g/mol. The molecule has 0 radical (unpaired) electrons. The van der Waals surface area contributed by atoms with Gasteiger partial charge in [0.15, 0.2) is 5.78 Å². The summed E-state index contributed by atoms with van der Waals surface area (Å²) in [4.78, 5) is 11.2. The van der Waals surface area contributed by atoms with Crippen LogP contribution in [-0.4, -0.2) is 5.78 Å². The second-order valence-electron chi connectivity index (χ2n) is 3.10. The summed E-state index contributed by atoms with van der Waals surface area (Å²) in [6, 6.07) is 3.02. The summed E-state index contributed by atoms with van der Waals surface area (Å²) in [5.41, 5.74) is -0.201. The molecule has 80 valence electrons. The summed E-state index contributed by atoms with van der Waals surface area (Å²) in [5.74, 6) is -0.374. The number of aryl methyl sites for hydroxylation is 1. The Bertz CT molecular complexity index is 405. The molecule has 0 heterocycles. The zero-order valence-corrected chi connectivity index (χ0v) is 8.06. The highest BCUT2D eigenvalue weighted by Crippen LogP contribution is 2.30. The number of rotatable bonds is 2. The number of hydrogen-bond acceptors (Lipinski definition) is 1. The highest BCUT2D eigenvalue weighted by molar-refractivity contribution is 6.05. The van der Waals surface area contributed by atoms with E-state index in [-0.39, 0.29) is 11.3 Å². The molecule has 0 atom stereocenters. The van der Waals surface area contributed by atoms with E-state index < -0.39 is 11.7 Å². The molecule has 0 aliphatic carbocycles. The Labute approximate surface area is 85.2 Å². The minimum atomic E-state index is -4.37. The molecule has 1 aromatic rings. The van der Waals surface area contributed by atoms with E-state index >= 15 is 0 Å². The fraction of sp³-hybridized carbons (Fsp3) is 0.182. The Morgan fingerprint density at radius 3 is 2.40 bits per heavy atom. The fourth-order valence-electron chi connectivity index (χ4n) is 1.23. The van der Waals surface area contributed by atoms with Gasteiger partial charge in [-0.25, -0.2) is 0 Å². The van der Waals surface area contributed by atoms with E-state index in [1.54, 1.807) is 0 Å². The van der Waals surface area contributed by atoms with E-state index in [2.05, 4.69) is 6.58 Å². The lowest BCUT2D eigenvalue weighted by atomic mass is 10.0. The zero-order chi connectivity index (χ0) is 11.6. The van der Waals surface area contributed by atoms with Crippen molar-refractivity contribution in [2.45, 2.75) is 13.1 Å². The van der Waals surface area contributed by atoms with Crippen LogP contribution in [0.15, 0.2) is 30.9 Å². The molecule has 0 aliphatic rings. The van der Waals surface area contributed by atoms with Crippen LogP contribution in [0.5, 0.6) is 0 Å². The van der Waals surface area contributed by atoms with E-state index in [1.807, 2.05) is 0 Å². The Morgan fingerprint density at radius 2 is 2.00 bits per heavy atom. The number of hydrogen-bond donors (Lipinski definition) is 0. The van der Waals surface area contributed by atoms with Crippen molar-refractivity contribution in [3.63, 3.8) is 0 Å². The van der Waals surface area contributed by atoms with Gasteiger partial charge in [-0.3, -0.25) is 4.79 Å². The number of carbonyl (C=O) groups excluding carboxylic acids is 1. The molecule has 0 aliphatic heterocycles. The maximum atomic E-state index is 12.3. The van der Waals surface area contributed by atoms with Gasteiger partial charge in [-0.15, -0.1) is 0 Å². The molecule has 0 aromatic heterocycles. The van der Waals surface area contributed by atoms with E-state index in [9.17, 15) is 18.0 Å². The van der Waals surface area contributed by atoms with Gasteiger partial charge in [0.2, 0.25) is 0 Å². The molecule has 0 bridgehead atoms. The van der Waals surface area contributed by atoms with Crippen LogP contribution in [0.4, 0.5) is 13.2 Å². The van der Waals surface area contributed by atoms with Gasteiger partial charge in [0.1, 0.15) is 0 Å². The van der Waals surface area contributed by atoms with Gasteiger partial charge in [0, 0.05) is 5.56 Å². The number of carbonyl (C=O) groups is 1. The quantitative estimate of drug-likeness (QED) is 0.544. The van der Waals surface area contributed by atoms with Crippen LogP contribution in [0.25, 0.3) is 0 Å². The standard InChI is InChI=1S/C11H9F3O/c1-3-10(15)9-5-4-8(6-7(9)2)11(12,13)14/h3-6H,1H2,2H3. The SMILES string of the molecule is C=CC(=O)c1ccc(C(F)(F)F)cc1C. The van der Waals surface area contributed by atoms with Crippen molar-refractivity contribution >= 4 is 5.78 Å². The van der Waals surface area contributed by atoms with Crippen molar-refractivity contribution in [2.75, 3.05) is 0 Å². The molecule has 0 amide bonds. The first-order valence-electron chi connectivity index (χ1n) is 4.21. The maximum Gasteiger partial charge on any atom is 0.416 e. The van der Waals surface area contributed by atoms with Crippen LogP contribution >= 0.6 is 0 Å². The van der Waals surface area contributed by atoms with Crippen molar-refractivity contribution in [3.05, 3.63) is 47.5 Å². The monoisotopic (exact) mass is 214 g/mol. The van der Waals surface area contributed by atoms with Crippen LogP contribution in [0.2, 0.25) is 0 Å². The summed E-state index contributed by atoms with van der Waals surface area (Å²) in [7, 11) is 0. The van der Waals surface area contributed by atoms with Crippen molar-refractivity contribution in [2.24, 2.45) is 0 Å². The van der Waals surface area contributed by atoms with E-state index in [0.29, 0.717) is 5.56 Å². The van der Waals surface area contributed by atoms with Crippen molar-refractivity contribution < 1.29 is 18.0 Å². The Kier molecular flexibility index (Phi) is 2.98. The van der Waals surface area contributed by atoms with Gasteiger partial charge in [-0.1, -0.05) is 12.6 Å². The van der Waals surface area contributed by atoms with Crippen LogP contribution in [0.3, 0.4) is 0 Å². The molecule has 0 fully saturated rings. The minimum absolute atomic E-state index is 0.248. The summed E-state index contributed by atoms with van der Waals surface area (Å²) in [6.45, 7) is 4.74. The predicted molar refractivity (Wildman–Crippen MR) is 50.7 cm³/mol. The first-order chi connectivity index (χ1) is 6.86. The van der Waals surface area contributed by atoms with E-state index in [1.165, 1.54) is 13.0 Å². The zero-order valence-electron chi connectivity index (χ0n) is 8.06. The van der Waals surface area contributed by atoms with Crippen molar-refractivity contribution in [1.82, 2.24) is 0 Å². The molecule has 0 saturated carbocycles. The summed E-state index contributed by atoms with van der Waals surface area (Å²) in [5, 5.41) is 0. The molecular formula is C11H9F3O. The lowest BCUT2D eigenvalue weighted by molar-refractivity contribution is -0.137. The normalized spacial score (nSPS) is 11.2. The second kappa shape index (κ2) is 3.88. The van der Waals surface area contributed by atoms with Crippen LogP contribution in [-0.2, 0) is 6.18 Å². The molecule has 0 unspecified atom stereocenters. The number of halogens is 3. The van der Waals surface area contributed by atoms with Gasteiger partial charge in [-0.2, -0.15) is 13.2 Å². The summed E-state index contributed by atoms with van der Waals surface area (Å²) < 4.78 is 36.8. The van der Waals surface area contributed by atoms with Gasteiger partial charge in [-0.05, 0) is 30.7 Å². The van der Waals surface area contributed by atoms with Gasteiger partial charge < -0.3 is 0 Å². The third-order valence-corrected chi connectivity index (χ3v) is 2.00. The molecule has 1 rings (SSSR count). The van der Waals surface area contributed by atoms with Gasteiger partial charge >= 0.3 is 6.18 Å². The summed E-state index contributed by atoms with van der Waals surface area (Å²) >= 11 is 0. The predicted octanol–water partition coefficient (Wildman–Crippen LogP) is 3.38. The van der Waals surface area contributed by atoms with Crippen LogP contribution in [0, 0.1) is 6.92 Å². The number of alkyl halides is 3. The molecule has 4 heteroatoms. The lowest BCUT2D eigenvalue weighted by Crippen LogP contribution is -2.07. The molecule has 1 nitrogen and oxygen atoms in total. The van der Waals surface area contributed by atoms with Crippen LogP contribution < -0.4 is 0 Å². The highest BCUT2D eigenvalue weighted by Gasteiger charge is 2.30. The van der Waals surface area contributed by atoms with Crippen molar-refractivity contribution in [1.29, 1.82) is 0 Å². The molecule has 15 heavy (non-hydrogen) atoms. The molecule has 0 N–H and O–H groups in total.